The van der Waals surface area contributed by atoms with Crippen LogP contribution in [0.4, 0.5) is 20.5 Å². The van der Waals surface area contributed by atoms with E-state index < -0.39 is 11.6 Å². The van der Waals surface area contributed by atoms with Crippen LogP contribution in [0.25, 0.3) is 11.3 Å². The van der Waals surface area contributed by atoms with E-state index in [0.717, 1.165) is 12.1 Å². The molecule has 0 atom stereocenters. The fourth-order valence-corrected chi connectivity index (χ4v) is 1.53. The highest BCUT2D eigenvalue weighted by molar-refractivity contribution is 5.65. The minimum Gasteiger partial charge on any atom is -0.497 e. The number of hydrogen-bond donors (Lipinski definition) is 2. The molecule has 0 aliphatic carbocycles. The number of rotatable bonds is 2. The second-order valence-corrected chi connectivity index (χ2v) is 3.50. The van der Waals surface area contributed by atoms with Crippen LogP contribution in [0.15, 0.2) is 18.2 Å². The largest absolute Gasteiger partial charge is 0.497 e. The van der Waals surface area contributed by atoms with Gasteiger partial charge in [0.2, 0.25) is 5.95 Å². The maximum Gasteiger partial charge on any atom is 0.222 e. The Morgan fingerprint density at radius 1 is 1.06 bits per heavy atom. The van der Waals surface area contributed by atoms with E-state index in [9.17, 15) is 8.78 Å². The fourth-order valence-electron chi connectivity index (χ4n) is 1.53. The molecule has 0 spiro atoms. The number of nitrogen functional groups attached to an aromatic ring is 2. The van der Waals surface area contributed by atoms with Crippen LogP contribution in [-0.2, 0) is 0 Å². The van der Waals surface area contributed by atoms with Crippen molar-refractivity contribution in [1.82, 2.24) is 9.97 Å². The normalized spacial score (nSPS) is 10.4. The first-order valence-electron chi connectivity index (χ1n) is 4.94. The number of aromatic nitrogens is 2. The summed E-state index contributed by atoms with van der Waals surface area (Å²) in [4.78, 5) is 7.37. The van der Waals surface area contributed by atoms with Crippen molar-refractivity contribution in [3.8, 4) is 17.0 Å². The molecular weight excluding hydrogens is 242 g/mol. The molecule has 0 unspecified atom stereocenters. The molecule has 2 aromatic rings. The number of ether oxygens (including phenoxy) is 1. The summed E-state index contributed by atoms with van der Waals surface area (Å²) >= 11 is 0. The van der Waals surface area contributed by atoms with Crippen LogP contribution in [0, 0.1) is 11.6 Å². The van der Waals surface area contributed by atoms with E-state index >= 15 is 0 Å². The van der Waals surface area contributed by atoms with E-state index in [2.05, 4.69) is 9.97 Å². The summed E-state index contributed by atoms with van der Waals surface area (Å²) in [5.74, 6) is -1.68. The maximum absolute atomic E-state index is 13.8. The van der Waals surface area contributed by atoms with Gasteiger partial charge < -0.3 is 16.2 Å². The van der Waals surface area contributed by atoms with Crippen molar-refractivity contribution in [3.05, 3.63) is 29.8 Å². The van der Waals surface area contributed by atoms with Gasteiger partial charge in [0.25, 0.3) is 0 Å². The molecule has 0 saturated heterocycles. The van der Waals surface area contributed by atoms with E-state index in [1.165, 1.54) is 13.2 Å². The molecule has 0 bridgehead atoms. The summed E-state index contributed by atoms with van der Waals surface area (Å²) in [6, 6.07) is 3.34. The first-order chi connectivity index (χ1) is 8.51. The second-order valence-electron chi connectivity index (χ2n) is 3.50. The molecule has 4 N–H and O–H groups in total. The number of methoxy groups -OCH3 is 1. The molecule has 0 fully saturated rings. The molecule has 0 amide bonds. The zero-order chi connectivity index (χ0) is 13.3. The van der Waals surface area contributed by atoms with Gasteiger partial charge in [-0.1, -0.05) is 0 Å². The van der Waals surface area contributed by atoms with Gasteiger partial charge >= 0.3 is 0 Å². The lowest BCUT2D eigenvalue weighted by atomic mass is 10.1. The summed E-state index contributed by atoms with van der Waals surface area (Å²) in [5.41, 5.74) is 10.5. The zero-order valence-electron chi connectivity index (χ0n) is 9.45. The summed E-state index contributed by atoms with van der Waals surface area (Å²) in [7, 11) is 1.31. The highest BCUT2D eigenvalue weighted by Gasteiger charge is 2.16. The van der Waals surface area contributed by atoms with E-state index in [1.54, 1.807) is 0 Å². The topological polar surface area (TPSA) is 87.0 Å². The average molecular weight is 252 g/mol. The van der Waals surface area contributed by atoms with Crippen LogP contribution < -0.4 is 16.2 Å². The highest BCUT2D eigenvalue weighted by atomic mass is 19.1. The smallest absolute Gasteiger partial charge is 0.222 e. The van der Waals surface area contributed by atoms with Crippen LogP contribution >= 0.6 is 0 Å². The predicted molar refractivity (Wildman–Crippen MR) is 62.8 cm³/mol. The Kier molecular flexibility index (Phi) is 2.97. The van der Waals surface area contributed by atoms with Crippen LogP contribution in [0.2, 0.25) is 0 Å². The molecule has 94 valence electrons. The lowest BCUT2D eigenvalue weighted by Gasteiger charge is -2.08. The fraction of sp³-hybridized carbons (Fsp3) is 0.0909. The van der Waals surface area contributed by atoms with Gasteiger partial charge in [-0.15, -0.1) is 0 Å². The van der Waals surface area contributed by atoms with Crippen LogP contribution in [0.3, 0.4) is 0 Å². The summed E-state index contributed by atoms with van der Waals surface area (Å²) in [6.45, 7) is 0. The first-order valence-corrected chi connectivity index (χ1v) is 4.94. The van der Waals surface area contributed by atoms with Gasteiger partial charge in [0, 0.05) is 18.2 Å². The molecule has 18 heavy (non-hydrogen) atoms. The van der Waals surface area contributed by atoms with Gasteiger partial charge in [0.15, 0.2) is 0 Å². The lowest BCUT2D eigenvalue weighted by molar-refractivity contribution is 0.407. The lowest BCUT2D eigenvalue weighted by Crippen LogP contribution is -2.02. The molecule has 0 saturated carbocycles. The Morgan fingerprint density at radius 3 is 2.17 bits per heavy atom. The monoisotopic (exact) mass is 252 g/mol. The van der Waals surface area contributed by atoms with Gasteiger partial charge in [0.05, 0.1) is 18.4 Å². The third kappa shape index (κ3) is 2.15. The summed E-state index contributed by atoms with van der Waals surface area (Å²) in [6.07, 6.45) is 0. The SMILES string of the molecule is COc1cc(F)c(-c2cc(N)nc(N)n2)c(F)c1. The Bertz CT molecular complexity index is 560. The summed E-state index contributed by atoms with van der Waals surface area (Å²) < 4.78 is 32.3. The van der Waals surface area contributed by atoms with Crippen molar-refractivity contribution in [2.75, 3.05) is 18.6 Å². The van der Waals surface area contributed by atoms with Crippen LogP contribution in [-0.4, -0.2) is 17.1 Å². The molecule has 5 nitrogen and oxygen atoms in total. The van der Waals surface area contributed by atoms with Gasteiger partial charge in [-0.2, -0.15) is 4.98 Å². The Morgan fingerprint density at radius 2 is 1.67 bits per heavy atom. The van der Waals surface area contributed by atoms with Crippen molar-refractivity contribution >= 4 is 11.8 Å². The first kappa shape index (κ1) is 12.0. The van der Waals surface area contributed by atoms with Gasteiger partial charge in [-0.3, -0.25) is 0 Å². The highest BCUT2D eigenvalue weighted by Crippen LogP contribution is 2.29. The Balaban J connectivity index is 2.63. The van der Waals surface area contributed by atoms with E-state index in [1.807, 2.05) is 0 Å². The number of nitrogens with zero attached hydrogens (tertiary/aromatic N) is 2. The number of anilines is 2. The third-order valence-corrected chi connectivity index (χ3v) is 2.27. The molecule has 1 aromatic carbocycles. The Labute approximate surface area is 101 Å². The molecule has 2 rings (SSSR count). The standard InChI is InChI=1S/C11H10F2N4O/c1-18-5-2-6(12)10(7(13)3-5)8-4-9(14)17-11(15)16-8/h2-4H,1H3,(H4,14,15,16,17). The number of nitrogens with two attached hydrogens (primary N) is 2. The van der Waals surface area contributed by atoms with E-state index in [4.69, 9.17) is 16.2 Å². The van der Waals surface area contributed by atoms with Gasteiger partial charge in [-0.05, 0) is 0 Å². The average Bonchev–Trinajstić information content (AvgIpc) is 2.26. The second kappa shape index (κ2) is 4.44. The van der Waals surface area contributed by atoms with Crippen molar-refractivity contribution < 1.29 is 13.5 Å². The number of halogens is 2. The quantitative estimate of drug-likeness (QED) is 0.847. The van der Waals surface area contributed by atoms with Crippen molar-refractivity contribution in [1.29, 1.82) is 0 Å². The van der Waals surface area contributed by atoms with Gasteiger partial charge in [0.1, 0.15) is 23.2 Å². The van der Waals surface area contributed by atoms with Crippen LogP contribution in [0.1, 0.15) is 0 Å². The third-order valence-electron chi connectivity index (χ3n) is 2.27. The van der Waals surface area contributed by atoms with Crippen molar-refractivity contribution in [3.63, 3.8) is 0 Å². The van der Waals surface area contributed by atoms with E-state index in [0.29, 0.717) is 0 Å². The molecule has 1 aromatic heterocycles. The zero-order valence-corrected chi connectivity index (χ0v) is 9.45. The molecule has 0 aliphatic rings. The van der Waals surface area contributed by atoms with Gasteiger partial charge in [-0.25, -0.2) is 13.8 Å². The van der Waals surface area contributed by atoms with Crippen molar-refractivity contribution in [2.45, 2.75) is 0 Å². The minimum atomic E-state index is -0.815. The van der Waals surface area contributed by atoms with Crippen LogP contribution in [0.5, 0.6) is 5.75 Å². The number of hydrogen-bond acceptors (Lipinski definition) is 5. The molecule has 0 aliphatic heterocycles. The van der Waals surface area contributed by atoms with E-state index in [-0.39, 0.29) is 28.8 Å². The van der Waals surface area contributed by atoms with Crippen molar-refractivity contribution in [2.24, 2.45) is 0 Å². The molecule has 1 heterocycles. The molecule has 0 radical (unpaired) electrons. The predicted octanol–water partition coefficient (Wildman–Crippen LogP) is 1.59. The summed E-state index contributed by atoms with van der Waals surface area (Å²) in [5, 5.41) is 0. The number of benzene rings is 1. The Hall–Kier alpha value is -2.44. The molecule has 7 heteroatoms. The molecular formula is C11H10F2N4O. The maximum atomic E-state index is 13.8. The minimum absolute atomic E-state index is 0.0161.